The molecule has 0 aromatic heterocycles. The number of nitrogens with one attached hydrogen (secondary N) is 2. The van der Waals surface area contributed by atoms with Crippen LogP contribution in [0.25, 0.3) is 0 Å². The summed E-state index contributed by atoms with van der Waals surface area (Å²) in [5, 5.41) is 10.6. The molecule has 0 heterocycles. The highest BCUT2D eigenvalue weighted by Gasteiger charge is 2.51. The lowest BCUT2D eigenvalue weighted by atomic mass is 9.95. The number of nitro groups is 1. The molecule has 0 unspecified atom stereocenters. The Bertz CT molecular complexity index is 830. The van der Waals surface area contributed by atoms with E-state index in [-0.39, 0.29) is 23.0 Å². The molecule has 1 aliphatic rings. The third-order valence-electron chi connectivity index (χ3n) is 4.21. The van der Waals surface area contributed by atoms with Crippen LogP contribution in [0.2, 0.25) is 0 Å². The molecule has 7 nitrogen and oxygen atoms in total. The second-order valence-electron chi connectivity index (χ2n) is 5.80. The summed E-state index contributed by atoms with van der Waals surface area (Å²) < 4.78 is 13.0. The van der Waals surface area contributed by atoms with Gasteiger partial charge in [0.15, 0.2) is 0 Å². The molecule has 2 N–H and O–H groups in total. The lowest BCUT2D eigenvalue weighted by molar-refractivity contribution is -0.384. The van der Waals surface area contributed by atoms with Crippen LogP contribution in [0.1, 0.15) is 28.8 Å². The van der Waals surface area contributed by atoms with Crippen molar-refractivity contribution in [1.29, 1.82) is 0 Å². The maximum absolute atomic E-state index is 13.0. The number of halogens is 1. The molecule has 1 saturated carbocycles. The van der Waals surface area contributed by atoms with E-state index in [9.17, 15) is 24.1 Å². The number of rotatable bonds is 4. The molecular weight excluding hydrogens is 329 g/mol. The summed E-state index contributed by atoms with van der Waals surface area (Å²) in [5.41, 5.74) is 4.65. The Morgan fingerprint density at radius 1 is 1.00 bits per heavy atom. The summed E-state index contributed by atoms with van der Waals surface area (Å²) in [4.78, 5) is 34.4. The maximum atomic E-state index is 13.0. The van der Waals surface area contributed by atoms with E-state index in [1.807, 2.05) is 0 Å². The van der Waals surface area contributed by atoms with E-state index in [1.165, 1.54) is 36.4 Å². The fourth-order valence-electron chi connectivity index (χ4n) is 2.58. The van der Waals surface area contributed by atoms with Gasteiger partial charge in [0.2, 0.25) is 5.91 Å². The number of hydrogen-bond donors (Lipinski definition) is 2. The molecule has 2 amide bonds. The van der Waals surface area contributed by atoms with Gasteiger partial charge in [-0.25, -0.2) is 4.39 Å². The molecule has 8 heteroatoms. The monoisotopic (exact) mass is 343 g/mol. The van der Waals surface area contributed by atoms with Crippen molar-refractivity contribution in [2.75, 3.05) is 0 Å². The zero-order chi connectivity index (χ0) is 18.0. The minimum Gasteiger partial charge on any atom is -0.272 e. The average molecular weight is 343 g/mol. The first-order valence-corrected chi connectivity index (χ1v) is 7.54. The Morgan fingerprint density at radius 3 is 2.12 bits per heavy atom. The number of non-ortho nitro benzene ring substituents is 1. The molecule has 0 aliphatic heterocycles. The topological polar surface area (TPSA) is 101 Å². The Kier molecular flexibility index (Phi) is 4.18. The first kappa shape index (κ1) is 16.6. The number of hydrazine groups is 1. The number of carbonyl (C=O) groups is 2. The summed E-state index contributed by atoms with van der Waals surface area (Å²) in [6.45, 7) is 0. The Hall–Kier alpha value is -3.29. The fraction of sp³-hybridized carbons (Fsp3) is 0.176. The van der Waals surface area contributed by atoms with Gasteiger partial charge in [0, 0.05) is 17.7 Å². The minimum absolute atomic E-state index is 0.131. The van der Waals surface area contributed by atoms with E-state index in [4.69, 9.17) is 0 Å². The largest absolute Gasteiger partial charge is 0.272 e. The molecule has 2 aromatic rings. The third-order valence-corrected chi connectivity index (χ3v) is 4.21. The van der Waals surface area contributed by atoms with E-state index >= 15 is 0 Å². The maximum Gasteiger partial charge on any atom is 0.269 e. The van der Waals surface area contributed by atoms with Crippen LogP contribution in [0.5, 0.6) is 0 Å². The first-order valence-electron chi connectivity index (χ1n) is 7.54. The summed E-state index contributed by atoms with van der Waals surface area (Å²) in [5.74, 6) is -1.35. The average Bonchev–Trinajstić information content (AvgIpc) is 3.42. The van der Waals surface area contributed by atoms with Crippen LogP contribution >= 0.6 is 0 Å². The number of nitro benzene ring substituents is 1. The van der Waals surface area contributed by atoms with Crippen molar-refractivity contribution in [3.05, 3.63) is 75.6 Å². The van der Waals surface area contributed by atoms with Crippen LogP contribution in [0.3, 0.4) is 0 Å². The van der Waals surface area contributed by atoms with Gasteiger partial charge in [-0.15, -0.1) is 0 Å². The molecule has 0 bridgehead atoms. The van der Waals surface area contributed by atoms with Gasteiger partial charge in [0.05, 0.1) is 10.3 Å². The van der Waals surface area contributed by atoms with E-state index in [0.29, 0.717) is 18.4 Å². The van der Waals surface area contributed by atoms with Gasteiger partial charge in [0.1, 0.15) is 5.82 Å². The summed E-state index contributed by atoms with van der Waals surface area (Å²) in [6.07, 6.45) is 1.22. The van der Waals surface area contributed by atoms with Crippen LogP contribution in [-0.2, 0) is 10.2 Å². The molecule has 0 atom stereocenters. The molecule has 0 spiro atoms. The predicted molar refractivity (Wildman–Crippen MR) is 86.0 cm³/mol. The van der Waals surface area contributed by atoms with Crippen molar-refractivity contribution in [1.82, 2.24) is 10.9 Å². The predicted octanol–water partition coefficient (Wildman–Crippen LogP) is 2.23. The van der Waals surface area contributed by atoms with E-state index in [2.05, 4.69) is 10.9 Å². The van der Waals surface area contributed by atoms with Crippen molar-refractivity contribution < 1.29 is 18.9 Å². The van der Waals surface area contributed by atoms with Crippen LogP contribution < -0.4 is 10.9 Å². The molecule has 128 valence electrons. The molecular formula is C17H14FN3O4. The zero-order valence-electron chi connectivity index (χ0n) is 13.0. The fourth-order valence-corrected chi connectivity index (χ4v) is 2.58. The van der Waals surface area contributed by atoms with Crippen molar-refractivity contribution in [2.24, 2.45) is 0 Å². The molecule has 0 saturated heterocycles. The molecule has 25 heavy (non-hydrogen) atoms. The van der Waals surface area contributed by atoms with Crippen LogP contribution in [0.4, 0.5) is 10.1 Å². The van der Waals surface area contributed by atoms with E-state index < -0.39 is 16.2 Å². The van der Waals surface area contributed by atoms with E-state index in [0.717, 1.165) is 0 Å². The van der Waals surface area contributed by atoms with Crippen molar-refractivity contribution in [2.45, 2.75) is 18.3 Å². The quantitative estimate of drug-likeness (QED) is 0.656. The summed E-state index contributed by atoms with van der Waals surface area (Å²) in [7, 11) is 0. The molecule has 3 rings (SSSR count). The summed E-state index contributed by atoms with van der Waals surface area (Å²) in [6, 6.07) is 10.7. The highest BCUT2D eigenvalue weighted by molar-refractivity contribution is 5.97. The van der Waals surface area contributed by atoms with Gasteiger partial charge in [-0.1, -0.05) is 12.1 Å². The van der Waals surface area contributed by atoms with Crippen molar-refractivity contribution >= 4 is 17.5 Å². The van der Waals surface area contributed by atoms with E-state index in [1.54, 1.807) is 12.1 Å². The Morgan fingerprint density at radius 2 is 1.60 bits per heavy atom. The van der Waals surface area contributed by atoms with Gasteiger partial charge in [0.25, 0.3) is 11.6 Å². The van der Waals surface area contributed by atoms with Crippen LogP contribution in [-0.4, -0.2) is 16.7 Å². The molecule has 0 radical (unpaired) electrons. The minimum atomic E-state index is -0.754. The van der Waals surface area contributed by atoms with Crippen molar-refractivity contribution in [3.63, 3.8) is 0 Å². The number of hydrogen-bond acceptors (Lipinski definition) is 4. The Labute approximate surface area is 142 Å². The first-order chi connectivity index (χ1) is 11.9. The zero-order valence-corrected chi connectivity index (χ0v) is 13.0. The highest BCUT2D eigenvalue weighted by Crippen LogP contribution is 2.48. The second kappa shape index (κ2) is 6.31. The number of carbonyl (C=O) groups excluding carboxylic acids is 2. The second-order valence-corrected chi connectivity index (χ2v) is 5.80. The van der Waals surface area contributed by atoms with Gasteiger partial charge in [-0.3, -0.25) is 30.6 Å². The number of amides is 2. The smallest absolute Gasteiger partial charge is 0.269 e. The molecule has 1 fully saturated rings. The standard InChI is InChI=1S/C17H14FN3O4/c18-13-5-3-12(4-6-13)17(9-10-17)16(23)20-19-15(22)11-1-7-14(8-2-11)21(24)25/h1-8H,9-10H2,(H,19,22)(H,20,23). The van der Waals surface area contributed by atoms with Gasteiger partial charge in [-0.2, -0.15) is 0 Å². The van der Waals surface area contributed by atoms with Gasteiger partial charge < -0.3 is 0 Å². The SMILES string of the molecule is O=C(NNC(=O)C1(c2ccc(F)cc2)CC1)c1ccc([N+](=O)[O-])cc1. The number of nitrogens with zero attached hydrogens (tertiary/aromatic N) is 1. The van der Waals surface area contributed by atoms with Gasteiger partial charge >= 0.3 is 0 Å². The lowest BCUT2D eigenvalue weighted by Gasteiger charge is -2.16. The Balaban J connectivity index is 1.63. The van der Waals surface area contributed by atoms with Gasteiger partial charge in [-0.05, 0) is 42.7 Å². The molecule has 2 aromatic carbocycles. The highest BCUT2D eigenvalue weighted by atomic mass is 19.1. The van der Waals surface area contributed by atoms with Crippen LogP contribution in [0.15, 0.2) is 48.5 Å². The third kappa shape index (κ3) is 3.32. The van der Waals surface area contributed by atoms with Crippen molar-refractivity contribution in [3.8, 4) is 0 Å². The number of benzene rings is 2. The van der Waals surface area contributed by atoms with Crippen LogP contribution in [0, 0.1) is 15.9 Å². The normalized spacial score (nSPS) is 14.4. The summed E-state index contributed by atoms with van der Waals surface area (Å²) >= 11 is 0. The molecule has 1 aliphatic carbocycles. The lowest BCUT2D eigenvalue weighted by Crippen LogP contribution is -2.46.